The molecule has 1 aromatic heterocycles. The summed E-state index contributed by atoms with van der Waals surface area (Å²) in [4.78, 5) is 33.3. The van der Waals surface area contributed by atoms with Gasteiger partial charge in [-0.05, 0) is 25.1 Å². The summed E-state index contributed by atoms with van der Waals surface area (Å²) in [7, 11) is 2.19. The van der Waals surface area contributed by atoms with Crippen LogP contribution in [0.5, 0.6) is 0 Å². The normalized spacial score (nSPS) is 19.0. The highest BCUT2D eigenvalue weighted by molar-refractivity contribution is 6.44. The van der Waals surface area contributed by atoms with Gasteiger partial charge in [0.05, 0.1) is 25.3 Å². The molecule has 0 spiro atoms. The Labute approximate surface area is 153 Å². The van der Waals surface area contributed by atoms with Gasteiger partial charge in [-0.1, -0.05) is 11.6 Å². The molecule has 1 aromatic carbocycles. The number of rotatable bonds is 3. The number of aromatic nitrogens is 2. The Hall–Kier alpha value is -2.78. The van der Waals surface area contributed by atoms with Crippen molar-refractivity contribution in [1.82, 2.24) is 9.97 Å². The smallest absolute Gasteiger partial charge is 0.358 e. The fourth-order valence-electron chi connectivity index (χ4n) is 2.64. The fourth-order valence-corrected chi connectivity index (χ4v) is 2.81. The van der Waals surface area contributed by atoms with E-state index in [-0.39, 0.29) is 11.5 Å². The third-order valence-corrected chi connectivity index (χ3v) is 4.15. The number of halogens is 1. The third kappa shape index (κ3) is 2.56. The van der Waals surface area contributed by atoms with E-state index in [9.17, 15) is 14.7 Å². The molecule has 1 atom stereocenters. The Kier molecular flexibility index (Phi) is 4.51. The lowest BCUT2D eigenvalue weighted by atomic mass is 9.91. The van der Waals surface area contributed by atoms with E-state index in [0.717, 1.165) is 14.2 Å². The molecule has 0 saturated heterocycles. The quantitative estimate of drug-likeness (QED) is 0.787. The third-order valence-electron chi connectivity index (χ3n) is 3.92. The van der Waals surface area contributed by atoms with Crippen molar-refractivity contribution >= 4 is 46.1 Å². The zero-order valence-electron chi connectivity index (χ0n) is 14.2. The maximum atomic E-state index is 12.4. The van der Waals surface area contributed by atoms with Crippen molar-refractivity contribution in [2.45, 2.75) is 12.5 Å². The topological polar surface area (TPSA) is 114 Å². The van der Waals surface area contributed by atoms with Crippen molar-refractivity contribution in [2.75, 3.05) is 25.8 Å². The van der Waals surface area contributed by atoms with Gasteiger partial charge in [0, 0.05) is 11.6 Å². The Balaban J connectivity index is 2.37. The van der Waals surface area contributed by atoms with Crippen LogP contribution in [0.4, 0.5) is 5.82 Å². The zero-order chi connectivity index (χ0) is 19.1. The first-order chi connectivity index (χ1) is 12.4. The van der Waals surface area contributed by atoms with Crippen LogP contribution >= 0.6 is 11.6 Å². The Morgan fingerprint density at radius 3 is 2.58 bits per heavy atom. The van der Waals surface area contributed by atoms with Crippen LogP contribution < -0.4 is 5.01 Å². The Morgan fingerprint density at radius 1 is 1.23 bits per heavy atom. The van der Waals surface area contributed by atoms with Crippen molar-refractivity contribution < 1.29 is 24.2 Å². The molecule has 1 aliphatic heterocycles. The summed E-state index contributed by atoms with van der Waals surface area (Å²) in [6.07, 6.45) is 0. The number of aliphatic hydroxyl groups is 1. The molecule has 1 unspecified atom stereocenters. The molecule has 136 valence electrons. The summed E-state index contributed by atoms with van der Waals surface area (Å²) in [5.41, 5.74) is -2.49. The molecule has 0 fully saturated rings. The molecular formula is C16H15ClN4O5. The van der Waals surface area contributed by atoms with E-state index in [4.69, 9.17) is 11.6 Å². The van der Waals surface area contributed by atoms with Gasteiger partial charge in [-0.25, -0.2) is 24.6 Å². The number of nitrogens with zero attached hydrogens (tertiary/aromatic N) is 4. The standard InChI is InChI=1S/C16H15ClN4O5/c1-4-21-13-11(18-10-7-8(17)5-6-9(10)19-13)16(24,15(23)26-3)12(20-21)14(22)25-2/h5-7,24H,4H2,1-3H3. The molecule has 1 N–H and O–H groups in total. The summed E-state index contributed by atoms with van der Waals surface area (Å²) in [5, 5.41) is 16.9. The minimum absolute atomic E-state index is 0.128. The maximum Gasteiger partial charge on any atom is 0.358 e. The molecule has 3 rings (SSSR count). The lowest BCUT2D eigenvalue weighted by Gasteiger charge is -2.33. The number of carbonyl (C=O) groups excluding carboxylic acids is 2. The number of methoxy groups -OCH3 is 2. The molecule has 0 amide bonds. The van der Waals surface area contributed by atoms with Crippen LogP contribution in [0.2, 0.25) is 5.02 Å². The van der Waals surface area contributed by atoms with Gasteiger partial charge in [0.1, 0.15) is 5.69 Å². The number of carbonyl (C=O) groups is 2. The average molecular weight is 379 g/mol. The molecule has 0 aliphatic carbocycles. The summed E-state index contributed by atoms with van der Waals surface area (Å²) in [6, 6.07) is 4.82. The van der Waals surface area contributed by atoms with Crippen LogP contribution in [-0.2, 0) is 24.7 Å². The van der Waals surface area contributed by atoms with Gasteiger partial charge in [-0.15, -0.1) is 0 Å². The highest BCUT2D eigenvalue weighted by Crippen LogP contribution is 2.37. The molecular weight excluding hydrogens is 364 g/mol. The van der Waals surface area contributed by atoms with Crippen molar-refractivity contribution in [3.63, 3.8) is 0 Å². The second-order valence-electron chi connectivity index (χ2n) is 5.39. The number of benzene rings is 1. The molecule has 0 bridgehead atoms. The average Bonchev–Trinajstić information content (AvgIpc) is 2.65. The first kappa shape index (κ1) is 18.0. The number of fused-ring (bicyclic) bond motifs is 2. The lowest BCUT2D eigenvalue weighted by Crippen LogP contribution is -2.53. The first-order valence-electron chi connectivity index (χ1n) is 7.60. The molecule has 1 aliphatic rings. The summed E-state index contributed by atoms with van der Waals surface area (Å²) in [6.45, 7) is 2.07. The van der Waals surface area contributed by atoms with Crippen molar-refractivity contribution in [1.29, 1.82) is 0 Å². The van der Waals surface area contributed by atoms with Gasteiger partial charge < -0.3 is 14.6 Å². The number of ether oxygens (including phenoxy) is 2. The summed E-state index contributed by atoms with van der Waals surface area (Å²) >= 11 is 5.99. The second-order valence-corrected chi connectivity index (χ2v) is 5.82. The zero-order valence-corrected chi connectivity index (χ0v) is 14.9. The van der Waals surface area contributed by atoms with E-state index >= 15 is 0 Å². The van der Waals surface area contributed by atoms with Crippen molar-refractivity contribution in [3.8, 4) is 0 Å². The van der Waals surface area contributed by atoms with Crippen LogP contribution in [-0.4, -0.2) is 53.5 Å². The van der Waals surface area contributed by atoms with Crippen LogP contribution in [0.1, 0.15) is 12.6 Å². The van der Waals surface area contributed by atoms with Crippen molar-refractivity contribution in [2.24, 2.45) is 5.10 Å². The number of hydrogen-bond acceptors (Lipinski definition) is 9. The molecule has 2 heterocycles. The van der Waals surface area contributed by atoms with E-state index in [2.05, 4.69) is 24.5 Å². The predicted octanol–water partition coefficient (Wildman–Crippen LogP) is 1.01. The van der Waals surface area contributed by atoms with Crippen LogP contribution in [0, 0.1) is 0 Å². The molecule has 0 radical (unpaired) electrons. The van der Waals surface area contributed by atoms with E-state index in [1.54, 1.807) is 19.1 Å². The number of hydrogen-bond donors (Lipinski definition) is 1. The van der Waals surface area contributed by atoms with Gasteiger partial charge in [0.25, 0.3) is 5.60 Å². The van der Waals surface area contributed by atoms with E-state index in [1.807, 2.05) is 0 Å². The maximum absolute atomic E-state index is 12.4. The largest absolute Gasteiger partial charge is 0.466 e. The Bertz CT molecular complexity index is 948. The molecule has 9 nitrogen and oxygen atoms in total. The van der Waals surface area contributed by atoms with Gasteiger partial charge in [-0.2, -0.15) is 5.10 Å². The van der Waals surface area contributed by atoms with Crippen LogP contribution in [0.25, 0.3) is 11.0 Å². The fraction of sp³-hybridized carbons (Fsp3) is 0.312. The van der Waals surface area contributed by atoms with Crippen LogP contribution in [0.3, 0.4) is 0 Å². The van der Waals surface area contributed by atoms with Crippen LogP contribution in [0.15, 0.2) is 23.3 Å². The van der Waals surface area contributed by atoms with E-state index < -0.39 is 23.3 Å². The number of anilines is 1. The van der Waals surface area contributed by atoms with Gasteiger partial charge >= 0.3 is 11.9 Å². The molecule has 0 saturated carbocycles. The minimum Gasteiger partial charge on any atom is -0.466 e. The lowest BCUT2D eigenvalue weighted by molar-refractivity contribution is -0.158. The number of esters is 2. The first-order valence-corrected chi connectivity index (χ1v) is 7.98. The van der Waals surface area contributed by atoms with E-state index in [1.165, 1.54) is 11.1 Å². The SMILES string of the molecule is CCN1N=C(C(=O)OC)C(O)(C(=O)OC)c2nc3cc(Cl)ccc3nc21. The Morgan fingerprint density at radius 2 is 1.96 bits per heavy atom. The predicted molar refractivity (Wildman–Crippen MR) is 92.9 cm³/mol. The minimum atomic E-state index is -2.56. The number of hydrazone groups is 1. The van der Waals surface area contributed by atoms with Crippen molar-refractivity contribution in [3.05, 3.63) is 28.9 Å². The second kappa shape index (κ2) is 6.50. The molecule has 2 aromatic rings. The molecule has 26 heavy (non-hydrogen) atoms. The van der Waals surface area contributed by atoms with E-state index in [0.29, 0.717) is 22.6 Å². The van der Waals surface area contributed by atoms with Gasteiger partial charge in [0.2, 0.25) is 0 Å². The molecule has 10 heteroatoms. The summed E-state index contributed by atoms with van der Waals surface area (Å²) < 4.78 is 9.35. The highest BCUT2D eigenvalue weighted by atomic mass is 35.5. The highest BCUT2D eigenvalue weighted by Gasteiger charge is 2.55. The summed E-state index contributed by atoms with van der Waals surface area (Å²) in [5.74, 6) is -1.99. The van der Waals surface area contributed by atoms with Gasteiger partial charge in [-0.3, -0.25) is 0 Å². The monoisotopic (exact) mass is 378 g/mol. The van der Waals surface area contributed by atoms with Gasteiger partial charge in [0.15, 0.2) is 11.5 Å².